The molecule has 128 valence electrons. The minimum atomic E-state index is -4.54. The zero-order valence-corrected chi connectivity index (χ0v) is 12.8. The van der Waals surface area contributed by atoms with Gasteiger partial charge in [0.05, 0.1) is 11.3 Å². The van der Waals surface area contributed by atoms with E-state index in [4.69, 9.17) is 0 Å². The van der Waals surface area contributed by atoms with Gasteiger partial charge >= 0.3 is 6.18 Å². The lowest BCUT2D eigenvalue weighted by atomic mass is 10.1. The lowest BCUT2D eigenvalue weighted by Crippen LogP contribution is -2.14. The molecule has 2 heterocycles. The van der Waals surface area contributed by atoms with E-state index in [9.17, 15) is 18.0 Å². The quantitative estimate of drug-likeness (QED) is 0.786. The van der Waals surface area contributed by atoms with Crippen molar-refractivity contribution in [1.29, 1.82) is 0 Å². The van der Waals surface area contributed by atoms with Crippen molar-refractivity contribution in [1.82, 2.24) is 25.2 Å². The number of halogens is 3. The number of benzene rings is 1. The third-order valence-corrected chi connectivity index (χ3v) is 3.37. The molecule has 0 bridgehead atoms. The van der Waals surface area contributed by atoms with Crippen LogP contribution >= 0.6 is 0 Å². The van der Waals surface area contributed by atoms with Crippen molar-refractivity contribution in [2.75, 3.05) is 5.32 Å². The molecule has 0 saturated carbocycles. The van der Waals surface area contributed by atoms with Gasteiger partial charge in [-0.05, 0) is 53.2 Å². The van der Waals surface area contributed by atoms with Gasteiger partial charge in [-0.3, -0.25) is 9.78 Å². The summed E-state index contributed by atoms with van der Waals surface area (Å²) < 4.78 is 38.9. The number of pyridine rings is 1. The molecule has 0 aliphatic carbocycles. The van der Waals surface area contributed by atoms with Crippen LogP contribution in [-0.4, -0.2) is 31.1 Å². The second-order valence-electron chi connectivity index (χ2n) is 5.14. The molecule has 0 aliphatic rings. The van der Waals surface area contributed by atoms with Gasteiger partial charge in [0.15, 0.2) is 0 Å². The molecule has 0 spiro atoms. The Morgan fingerprint density at radius 3 is 2.56 bits per heavy atom. The molecular weight excluding hydrogens is 337 g/mol. The molecule has 3 rings (SSSR count). The highest BCUT2D eigenvalue weighted by molar-refractivity contribution is 6.04. The first-order chi connectivity index (χ1) is 11.8. The number of aromatic nitrogens is 5. The van der Waals surface area contributed by atoms with Gasteiger partial charge in [0.1, 0.15) is 12.0 Å². The summed E-state index contributed by atoms with van der Waals surface area (Å²) in [5.74, 6) is -0.559. The maximum Gasteiger partial charge on any atom is 0.433 e. The Morgan fingerprint density at radius 2 is 2.00 bits per heavy atom. The van der Waals surface area contributed by atoms with Crippen LogP contribution in [0.3, 0.4) is 0 Å². The molecule has 1 N–H and O–H groups in total. The third-order valence-electron chi connectivity index (χ3n) is 3.37. The maximum absolute atomic E-state index is 12.5. The van der Waals surface area contributed by atoms with E-state index in [1.807, 2.05) is 6.92 Å². The molecule has 25 heavy (non-hydrogen) atoms. The van der Waals surface area contributed by atoms with E-state index in [1.54, 1.807) is 18.2 Å². The smallest absolute Gasteiger partial charge is 0.322 e. The standard InChI is InChI=1S/C15H11F3N6O/c1-9-6-11(3-4-12(9)24-8-20-22-23-24)21-14(25)10-2-5-13(19-7-10)15(16,17)18/h2-8H,1H3,(H,21,25). The largest absolute Gasteiger partial charge is 0.433 e. The summed E-state index contributed by atoms with van der Waals surface area (Å²) in [6, 6.07) is 6.90. The predicted molar refractivity (Wildman–Crippen MR) is 81.1 cm³/mol. The molecule has 1 aromatic carbocycles. The summed E-state index contributed by atoms with van der Waals surface area (Å²) in [4.78, 5) is 15.4. The number of alkyl halides is 3. The number of nitrogens with zero attached hydrogens (tertiary/aromatic N) is 5. The van der Waals surface area contributed by atoms with Gasteiger partial charge in [-0.25, -0.2) is 4.68 Å². The summed E-state index contributed by atoms with van der Waals surface area (Å²) in [5.41, 5.74) is 0.995. The molecule has 0 unspecified atom stereocenters. The summed E-state index contributed by atoms with van der Waals surface area (Å²) in [6.07, 6.45) is -2.22. The van der Waals surface area contributed by atoms with Gasteiger partial charge in [0.25, 0.3) is 5.91 Å². The first kappa shape index (κ1) is 16.6. The molecule has 2 aromatic heterocycles. The highest BCUT2D eigenvalue weighted by Crippen LogP contribution is 2.27. The van der Waals surface area contributed by atoms with Crippen molar-refractivity contribution in [3.63, 3.8) is 0 Å². The van der Waals surface area contributed by atoms with Crippen molar-refractivity contribution in [3.05, 3.63) is 59.7 Å². The Balaban J connectivity index is 1.76. The molecule has 0 aliphatic heterocycles. The average molecular weight is 348 g/mol. The summed E-state index contributed by atoms with van der Waals surface area (Å²) >= 11 is 0. The Hall–Kier alpha value is -3.30. The maximum atomic E-state index is 12.5. The van der Waals surface area contributed by atoms with Crippen molar-refractivity contribution in [2.45, 2.75) is 13.1 Å². The molecule has 7 nitrogen and oxygen atoms in total. The number of anilines is 1. The zero-order chi connectivity index (χ0) is 18.0. The fraction of sp³-hybridized carbons (Fsp3) is 0.133. The van der Waals surface area contributed by atoms with Crippen LogP contribution < -0.4 is 5.32 Å². The number of hydrogen-bond acceptors (Lipinski definition) is 5. The highest BCUT2D eigenvalue weighted by atomic mass is 19.4. The van der Waals surface area contributed by atoms with Crippen molar-refractivity contribution in [3.8, 4) is 5.69 Å². The van der Waals surface area contributed by atoms with E-state index >= 15 is 0 Å². The van der Waals surface area contributed by atoms with Crippen molar-refractivity contribution in [2.24, 2.45) is 0 Å². The van der Waals surface area contributed by atoms with E-state index in [1.165, 1.54) is 11.0 Å². The first-order valence-electron chi connectivity index (χ1n) is 7.03. The van der Waals surface area contributed by atoms with Gasteiger partial charge < -0.3 is 5.32 Å². The van der Waals surface area contributed by atoms with Gasteiger partial charge in [0.2, 0.25) is 0 Å². The Kier molecular flexibility index (Phi) is 4.17. The van der Waals surface area contributed by atoms with Crippen molar-refractivity contribution < 1.29 is 18.0 Å². The lowest BCUT2D eigenvalue weighted by molar-refractivity contribution is -0.141. The van der Waals surface area contributed by atoms with Crippen LogP contribution in [0, 0.1) is 6.92 Å². The zero-order valence-electron chi connectivity index (χ0n) is 12.8. The van der Waals surface area contributed by atoms with Crippen LogP contribution in [-0.2, 0) is 6.18 Å². The predicted octanol–water partition coefficient (Wildman–Crippen LogP) is 2.64. The second-order valence-corrected chi connectivity index (χ2v) is 5.14. The lowest BCUT2D eigenvalue weighted by Gasteiger charge is -2.10. The van der Waals surface area contributed by atoms with Crippen LogP contribution in [0.25, 0.3) is 5.69 Å². The topological polar surface area (TPSA) is 85.6 Å². The van der Waals surface area contributed by atoms with E-state index in [0.717, 1.165) is 29.6 Å². The Morgan fingerprint density at radius 1 is 1.20 bits per heavy atom. The molecule has 0 atom stereocenters. The van der Waals surface area contributed by atoms with Gasteiger partial charge in [-0.15, -0.1) is 5.10 Å². The normalized spacial score (nSPS) is 11.4. The van der Waals surface area contributed by atoms with Crippen LogP contribution in [0.15, 0.2) is 42.9 Å². The number of aryl methyl sites for hydroxylation is 1. The minimum Gasteiger partial charge on any atom is -0.322 e. The summed E-state index contributed by atoms with van der Waals surface area (Å²) in [5, 5.41) is 13.5. The van der Waals surface area contributed by atoms with E-state index in [0.29, 0.717) is 5.69 Å². The molecular formula is C15H11F3N6O. The third kappa shape index (κ3) is 3.62. The van der Waals surface area contributed by atoms with Crippen LogP contribution in [0.1, 0.15) is 21.6 Å². The number of nitrogens with one attached hydrogen (secondary N) is 1. The Bertz CT molecular complexity index is 891. The monoisotopic (exact) mass is 348 g/mol. The van der Waals surface area contributed by atoms with E-state index in [2.05, 4.69) is 25.8 Å². The van der Waals surface area contributed by atoms with Gasteiger partial charge in [-0.2, -0.15) is 13.2 Å². The highest BCUT2D eigenvalue weighted by Gasteiger charge is 2.32. The SMILES string of the molecule is Cc1cc(NC(=O)c2ccc(C(F)(F)F)nc2)ccc1-n1cnnn1. The number of carbonyl (C=O) groups is 1. The van der Waals surface area contributed by atoms with Gasteiger partial charge in [-0.1, -0.05) is 0 Å². The number of tetrazole rings is 1. The molecule has 0 saturated heterocycles. The van der Waals surface area contributed by atoms with E-state index < -0.39 is 17.8 Å². The molecule has 3 aromatic rings. The van der Waals surface area contributed by atoms with Crippen LogP contribution in [0.2, 0.25) is 0 Å². The summed E-state index contributed by atoms with van der Waals surface area (Å²) in [7, 11) is 0. The first-order valence-corrected chi connectivity index (χ1v) is 7.03. The van der Waals surface area contributed by atoms with Gasteiger partial charge in [0, 0.05) is 11.9 Å². The molecule has 0 fully saturated rings. The minimum absolute atomic E-state index is 0.0233. The van der Waals surface area contributed by atoms with Crippen LogP contribution in [0.4, 0.5) is 18.9 Å². The Labute approximate surface area is 139 Å². The number of rotatable bonds is 3. The number of hydrogen-bond donors (Lipinski definition) is 1. The second kappa shape index (κ2) is 6.30. The molecule has 10 heteroatoms. The number of carbonyl (C=O) groups excluding carboxylic acids is 1. The summed E-state index contributed by atoms with van der Waals surface area (Å²) in [6.45, 7) is 1.81. The fourth-order valence-corrected chi connectivity index (χ4v) is 2.16. The van der Waals surface area contributed by atoms with Crippen molar-refractivity contribution >= 4 is 11.6 Å². The molecule has 0 radical (unpaired) electrons. The fourth-order valence-electron chi connectivity index (χ4n) is 2.16. The average Bonchev–Trinajstić information content (AvgIpc) is 3.08. The number of amides is 1. The van der Waals surface area contributed by atoms with Crippen LogP contribution in [0.5, 0.6) is 0 Å². The molecule has 1 amide bonds. The van der Waals surface area contributed by atoms with E-state index in [-0.39, 0.29) is 5.56 Å².